The van der Waals surface area contributed by atoms with Crippen LogP contribution in [0.25, 0.3) is 0 Å². The SMILES string of the molecule is COc1c(F)cc(NS(=O)(=O)c2cc(C(=O)O)ccc2C)cc1F. The number of carboxylic acids is 1. The minimum Gasteiger partial charge on any atom is -0.491 e. The molecular formula is C15H13F2NO5S. The van der Waals surface area contributed by atoms with Crippen LogP contribution in [0.3, 0.4) is 0 Å². The molecule has 128 valence electrons. The van der Waals surface area contributed by atoms with Gasteiger partial charge in [0.15, 0.2) is 17.4 Å². The number of aromatic carboxylic acids is 1. The topological polar surface area (TPSA) is 92.7 Å². The van der Waals surface area contributed by atoms with Gasteiger partial charge in [-0.1, -0.05) is 6.07 Å². The average Bonchev–Trinajstić information content (AvgIpc) is 2.46. The zero-order valence-electron chi connectivity index (χ0n) is 12.6. The van der Waals surface area contributed by atoms with Crippen molar-refractivity contribution < 1.29 is 31.8 Å². The summed E-state index contributed by atoms with van der Waals surface area (Å²) >= 11 is 0. The van der Waals surface area contributed by atoms with E-state index in [2.05, 4.69) is 4.74 Å². The first-order chi connectivity index (χ1) is 11.2. The highest BCUT2D eigenvalue weighted by Crippen LogP contribution is 2.27. The molecule has 0 aliphatic rings. The monoisotopic (exact) mass is 357 g/mol. The van der Waals surface area contributed by atoms with E-state index in [-0.39, 0.29) is 21.7 Å². The lowest BCUT2D eigenvalue weighted by Gasteiger charge is -2.12. The first kappa shape index (κ1) is 17.7. The van der Waals surface area contributed by atoms with Gasteiger partial charge < -0.3 is 9.84 Å². The highest BCUT2D eigenvalue weighted by atomic mass is 32.2. The van der Waals surface area contributed by atoms with E-state index in [1.54, 1.807) is 0 Å². The molecule has 0 aromatic heterocycles. The van der Waals surface area contributed by atoms with Gasteiger partial charge in [0.2, 0.25) is 0 Å². The molecule has 0 amide bonds. The summed E-state index contributed by atoms with van der Waals surface area (Å²) in [4.78, 5) is 10.7. The Balaban J connectivity index is 2.46. The van der Waals surface area contributed by atoms with Gasteiger partial charge in [-0.05, 0) is 24.6 Å². The van der Waals surface area contributed by atoms with Crippen LogP contribution in [-0.2, 0) is 10.0 Å². The Morgan fingerprint density at radius 3 is 2.25 bits per heavy atom. The lowest BCUT2D eigenvalue weighted by atomic mass is 10.1. The van der Waals surface area contributed by atoms with E-state index >= 15 is 0 Å². The largest absolute Gasteiger partial charge is 0.491 e. The van der Waals surface area contributed by atoms with E-state index < -0.39 is 33.4 Å². The molecule has 0 aliphatic heterocycles. The Kier molecular flexibility index (Phi) is 4.74. The van der Waals surface area contributed by atoms with Crippen LogP contribution < -0.4 is 9.46 Å². The maximum atomic E-state index is 13.7. The van der Waals surface area contributed by atoms with Crippen LogP contribution in [-0.4, -0.2) is 26.6 Å². The van der Waals surface area contributed by atoms with Gasteiger partial charge >= 0.3 is 5.97 Å². The summed E-state index contributed by atoms with van der Waals surface area (Å²) in [5, 5.41) is 8.96. The van der Waals surface area contributed by atoms with Crippen molar-refractivity contribution in [3.8, 4) is 5.75 Å². The standard InChI is InChI=1S/C15H13F2NO5S/c1-8-3-4-9(15(19)20)5-13(8)24(21,22)18-10-6-11(16)14(23-2)12(17)7-10/h3-7,18H,1-2H3,(H,19,20). The molecule has 0 radical (unpaired) electrons. The highest BCUT2D eigenvalue weighted by Gasteiger charge is 2.21. The molecule has 0 unspecified atom stereocenters. The van der Waals surface area contributed by atoms with E-state index in [9.17, 15) is 22.0 Å². The lowest BCUT2D eigenvalue weighted by Crippen LogP contribution is -2.15. The third-order valence-corrected chi connectivity index (χ3v) is 4.70. The van der Waals surface area contributed by atoms with E-state index in [1.807, 2.05) is 4.72 Å². The van der Waals surface area contributed by atoms with Crippen molar-refractivity contribution in [2.45, 2.75) is 11.8 Å². The van der Waals surface area contributed by atoms with E-state index in [0.29, 0.717) is 0 Å². The fourth-order valence-electron chi connectivity index (χ4n) is 2.05. The number of nitrogens with one attached hydrogen (secondary N) is 1. The molecule has 0 aliphatic carbocycles. The molecule has 0 bridgehead atoms. The number of methoxy groups -OCH3 is 1. The van der Waals surface area contributed by atoms with Crippen LogP contribution in [0.1, 0.15) is 15.9 Å². The maximum Gasteiger partial charge on any atom is 0.335 e. The van der Waals surface area contributed by atoms with Gasteiger partial charge in [0.1, 0.15) is 0 Å². The molecule has 2 rings (SSSR count). The second-order valence-electron chi connectivity index (χ2n) is 4.86. The zero-order chi connectivity index (χ0) is 18.1. The Bertz CT molecular complexity index is 889. The Morgan fingerprint density at radius 1 is 1.17 bits per heavy atom. The Hall–Kier alpha value is -2.68. The normalized spacial score (nSPS) is 11.2. The zero-order valence-corrected chi connectivity index (χ0v) is 13.4. The predicted octanol–water partition coefficient (Wildman–Crippen LogP) is 2.78. The molecule has 6 nitrogen and oxygen atoms in total. The first-order valence-corrected chi connectivity index (χ1v) is 8.04. The molecule has 2 N–H and O–H groups in total. The van der Waals surface area contributed by atoms with Gasteiger partial charge in [-0.2, -0.15) is 0 Å². The molecule has 0 atom stereocenters. The molecular weight excluding hydrogens is 344 g/mol. The smallest absolute Gasteiger partial charge is 0.335 e. The maximum absolute atomic E-state index is 13.7. The molecule has 0 heterocycles. The summed E-state index contributed by atoms with van der Waals surface area (Å²) < 4.78 is 58.6. The number of carboxylic acid groups (broad SMARTS) is 1. The third-order valence-electron chi connectivity index (χ3n) is 3.18. The molecule has 0 fully saturated rings. The molecule has 2 aromatic carbocycles. The summed E-state index contributed by atoms with van der Waals surface area (Å²) in [5.74, 6) is -4.09. The minimum absolute atomic E-state index is 0.229. The van der Waals surface area contributed by atoms with Gasteiger partial charge in [0.25, 0.3) is 10.0 Å². The van der Waals surface area contributed by atoms with Gasteiger partial charge in [-0.3, -0.25) is 4.72 Å². The van der Waals surface area contributed by atoms with Gasteiger partial charge in [-0.15, -0.1) is 0 Å². The molecule has 2 aromatic rings. The number of hydrogen-bond acceptors (Lipinski definition) is 4. The number of anilines is 1. The van der Waals surface area contributed by atoms with E-state index in [0.717, 1.165) is 25.3 Å². The van der Waals surface area contributed by atoms with Crippen molar-refractivity contribution in [2.75, 3.05) is 11.8 Å². The number of sulfonamides is 1. The van der Waals surface area contributed by atoms with Crippen LogP contribution in [0.4, 0.5) is 14.5 Å². The second-order valence-corrected chi connectivity index (χ2v) is 6.51. The molecule has 9 heteroatoms. The van der Waals surface area contributed by atoms with Crippen LogP contribution in [0, 0.1) is 18.6 Å². The van der Waals surface area contributed by atoms with E-state index in [4.69, 9.17) is 5.11 Å². The van der Waals surface area contributed by atoms with Crippen LogP contribution in [0.2, 0.25) is 0 Å². The van der Waals surface area contributed by atoms with Crippen molar-refractivity contribution in [1.82, 2.24) is 0 Å². The van der Waals surface area contributed by atoms with Crippen molar-refractivity contribution in [3.05, 3.63) is 53.1 Å². The summed E-state index contributed by atoms with van der Waals surface area (Å²) in [6.45, 7) is 1.47. The van der Waals surface area contributed by atoms with Gasteiger partial charge in [0, 0.05) is 12.1 Å². The van der Waals surface area contributed by atoms with Crippen LogP contribution >= 0.6 is 0 Å². The Morgan fingerprint density at radius 2 is 1.75 bits per heavy atom. The summed E-state index contributed by atoms with van der Waals surface area (Å²) in [6, 6.07) is 5.07. The molecule has 24 heavy (non-hydrogen) atoms. The summed E-state index contributed by atoms with van der Waals surface area (Å²) in [5.41, 5.74) is -0.305. The molecule has 0 saturated heterocycles. The van der Waals surface area contributed by atoms with E-state index in [1.165, 1.54) is 19.1 Å². The number of ether oxygens (including phenoxy) is 1. The summed E-state index contributed by atoms with van der Waals surface area (Å²) in [7, 11) is -3.17. The van der Waals surface area contributed by atoms with Crippen molar-refractivity contribution >= 4 is 21.7 Å². The number of benzene rings is 2. The Labute approximate surface area is 136 Å². The van der Waals surface area contributed by atoms with Crippen molar-refractivity contribution in [1.29, 1.82) is 0 Å². The fourth-order valence-corrected chi connectivity index (χ4v) is 3.36. The lowest BCUT2D eigenvalue weighted by molar-refractivity contribution is 0.0696. The first-order valence-electron chi connectivity index (χ1n) is 6.55. The van der Waals surface area contributed by atoms with Crippen molar-refractivity contribution in [2.24, 2.45) is 0 Å². The highest BCUT2D eigenvalue weighted by molar-refractivity contribution is 7.92. The number of carbonyl (C=O) groups is 1. The van der Waals surface area contributed by atoms with Gasteiger partial charge in [-0.25, -0.2) is 22.0 Å². The second kappa shape index (κ2) is 6.44. The van der Waals surface area contributed by atoms with Crippen LogP contribution in [0.5, 0.6) is 5.75 Å². The number of hydrogen-bond donors (Lipinski definition) is 2. The third kappa shape index (κ3) is 3.46. The average molecular weight is 357 g/mol. The molecule has 0 spiro atoms. The van der Waals surface area contributed by atoms with Gasteiger partial charge in [0.05, 0.1) is 23.3 Å². The fraction of sp³-hybridized carbons (Fsp3) is 0.133. The van der Waals surface area contributed by atoms with Crippen LogP contribution in [0.15, 0.2) is 35.2 Å². The van der Waals surface area contributed by atoms with Crippen molar-refractivity contribution in [3.63, 3.8) is 0 Å². The number of halogens is 2. The number of aryl methyl sites for hydroxylation is 1. The number of rotatable bonds is 5. The minimum atomic E-state index is -4.24. The predicted molar refractivity (Wildman–Crippen MR) is 81.9 cm³/mol. The quantitative estimate of drug-likeness (QED) is 0.858. The summed E-state index contributed by atoms with van der Waals surface area (Å²) in [6.07, 6.45) is 0. The molecule has 0 saturated carbocycles.